The summed E-state index contributed by atoms with van der Waals surface area (Å²) >= 11 is 1.12. The molecule has 1 atom stereocenters. The zero-order chi connectivity index (χ0) is 14.0. The van der Waals surface area contributed by atoms with Gasteiger partial charge in [-0.05, 0) is 26.7 Å². The van der Waals surface area contributed by atoms with Gasteiger partial charge in [0.25, 0.3) is 0 Å². The molecule has 1 aromatic heterocycles. The minimum Gasteiger partial charge on any atom is -0.477 e. The first-order valence-electron chi connectivity index (χ1n) is 6.15. The Kier molecular flexibility index (Phi) is 3.99. The van der Waals surface area contributed by atoms with Crippen LogP contribution in [0.1, 0.15) is 46.2 Å². The van der Waals surface area contributed by atoms with E-state index in [1.54, 1.807) is 6.92 Å². The number of carboxylic acids is 1. The molecule has 2 rings (SSSR count). The first-order chi connectivity index (χ1) is 8.99. The highest BCUT2D eigenvalue weighted by atomic mass is 32.1. The Labute approximate surface area is 115 Å². The third kappa shape index (κ3) is 3.01. The number of thiazole rings is 1. The SMILES string of the molecule is Cc1nc([C@H](C)NC(=O)C2CC=CC2)sc1C(=O)O. The van der Waals surface area contributed by atoms with Gasteiger partial charge in [-0.25, -0.2) is 9.78 Å². The summed E-state index contributed by atoms with van der Waals surface area (Å²) in [5.41, 5.74) is 0.496. The standard InChI is InChI=1S/C13H16N2O3S/c1-7-10(13(17)18)19-12(15-7)8(2)14-11(16)9-5-3-4-6-9/h3-4,8-9H,5-6H2,1-2H3,(H,14,16)(H,17,18)/t8-/m0/s1. The van der Waals surface area contributed by atoms with Crippen LogP contribution in [0.4, 0.5) is 0 Å². The number of hydrogen-bond acceptors (Lipinski definition) is 4. The highest BCUT2D eigenvalue weighted by molar-refractivity contribution is 7.13. The summed E-state index contributed by atoms with van der Waals surface area (Å²) in [6.45, 7) is 3.49. The van der Waals surface area contributed by atoms with Crippen LogP contribution in [0.25, 0.3) is 0 Å². The van der Waals surface area contributed by atoms with Gasteiger partial charge in [-0.2, -0.15) is 0 Å². The number of aromatic nitrogens is 1. The van der Waals surface area contributed by atoms with Gasteiger partial charge in [-0.15, -0.1) is 11.3 Å². The van der Waals surface area contributed by atoms with Gasteiger partial charge in [0, 0.05) is 5.92 Å². The fourth-order valence-electron chi connectivity index (χ4n) is 2.03. The molecule has 1 aliphatic carbocycles. The number of allylic oxidation sites excluding steroid dienone is 2. The van der Waals surface area contributed by atoms with Crippen LogP contribution < -0.4 is 5.32 Å². The lowest BCUT2D eigenvalue weighted by molar-refractivity contribution is -0.125. The Morgan fingerprint density at radius 3 is 2.63 bits per heavy atom. The third-order valence-electron chi connectivity index (χ3n) is 3.12. The van der Waals surface area contributed by atoms with Gasteiger partial charge < -0.3 is 10.4 Å². The van der Waals surface area contributed by atoms with Crippen molar-refractivity contribution < 1.29 is 14.7 Å². The third-order valence-corrected chi connectivity index (χ3v) is 4.44. The van der Waals surface area contributed by atoms with Crippen LogP contribution in [0.2, 0.25) is 0 Å². The monoisotopic (exact) mass is 280 g/mol. The molecule has 19 heavy (non-hydrogen) atoms. The predicted molar refractivity (Wildman–Crippen MR) is 72.2 cm³/mol. The number of nitrogens with zero attached hydrogens (tertiary/aromatic N) is 1. The van der Waals surface area contributed by atoms with Crippen molar-refractivity contribution in [1.29, 1.82) is 0 Å². The second-order valence-electron chi connectivity index (χ2n) is 4.64. The van der Waals surface area contributed by atoms with Crippen molar-refractivity contribution in [1.82, 2.24) is 10.3 Å². The average Bonchev–Trinajstić information content (AvgIpc) is 2.96. The van der Waals surface area contributed by atoms with Gasteiger partial charge in [0.05, 0.1) is 11.7 Å². The first kappa shape index (κ1) is 13.7. The fourth-order valence-corrected chi connectivity index (χ4v) is 2.93. The molecular formula is C13H16N2O3S. The summed E-state index contributed by atoms with van der Waals surface area (Å²) < 4.78 is 0. The van der Waals surface area contributed by atoms with E-state index in [4.69, 9.17) is 5.11 Å². The molecule has 0 unspecified atom stereocenters. The molecule has 102 valence electrons. The summed E-state index contributed by atoms with van der Waals surface area (Å²) in [5, 5.41) is 12.5. The zero-order valence-corrected chi connectivity index (χ0v) is 11.7. The smallest absolute Gasteiger partial charge is 0.347 e. The van der Waals surface area contributed by atoms with Crippen LogP contribution in [0.3, 0.4) is 0 Å². The van der Waals surface area contributed by atoms with Crippen molar-refractivity contribution in [3.05, 3.63) is 27.7 Å². The molecule has 0 fully saturated rings. The second-order valence-corrected chi connectivity index (χ2v) is 5.67. The van der Waals surface area contributed by atoms with Crippen LogP contribution in [0, 0.1) is 12.8 Å². The largest absolute Gasteiger partial charge is 0.477 e. The van der Waals surface area contributed by atoms with Gasteiger partial charge in [0.2, 0.25) is 5.91 Å². The molecule has 1 amide bonds. The van der Waals surface area contributed by atoms with Crippen molar-refractivity contribution in [2.45, 2.75) is 32.7 Å². The van der Waals surface area contributed by atoms with Crippen LogP contribution in [0.15, 0.2) is 12.2 Å². The van der Waals surface area contributed by atoms with Crippen molar-refractivity contribution in [2.75, 3.05) is 0 Å². The summed E-state index contributed by atoms with van der Waals surface area (Å²) in [5.74, 6) is -0.968. The van der Waals surface area contributed by atoms with E-state index in [1.165, 1.54) is 0 Å². The molecular weight excluding hydrogens is 264 g/mol. The summed E-state index contributed by atoms with van der Waals surface area (Å²) in [4.78, 5) is 27.4. The topological polar surface area (TPSA) is 79.3 Å². The molecule has 0 spiro atoms. The van der Waals surface area contributed by atoms with Gasteiger partial charge in [-0.3, -0.25) is 4.79 Å². The summed E-state index contributed by atoms with van der Waals surface area (Å²) in [6.07, 6.45) is 5.56. The van der Waals surface area contributed by atoms with Crippen molar-refractivity contribution >= 4 is 23.2 Å². The van der Waals surface area contributed by atoms with E-state index in [1.807, 2.05) is 19.1 Å². The van der Waals surface area contributed by atoms with Gasteiger partial charge >= 0.3 is 5.97 Å². The van der Waals surface area contributed by atoms with Crippen LogP contribution >= 0.6 is 11.3 Å². The minimum atomic E-state index is -0.972. The molecule has 0 bridgehead atoms. The van der Waals surface area contributed by atoms with E-state index in [0.29, 0.717) is 10.7 Å². The van der Waals surface area contributed by atoms with E-state index in [0.717, 1.165) is 24.2 Å². The number of carbonyl (C=O) groups is 2. The molecule has 0 saturated heterocycles. The number of nitrogens with one attached hydrogen (secondary N) is 1. The van der Waals surface area contributed by atoms with E-state index in [9.17, 15) is 9.59 Å². The lowest BCUT2D eigenvalue weighted by Gasteiger charge is -2.14. The number of amides is 1. The van der Waals surface area contributed by atoms with Crippen molar-refractivity contribution in [3.8, 4) is 0 Å². The molecule has 0 aromatic carbocycles. The van der Waals surface area contributed by atoms with E-state index < -0.39 is 5.97 Å². The van der Waals surface area contributed by atoms with Gasteiger partial charge in [0.1, 0.15) is 9.88 Å². The number of carbonyl (C=O) groups excluding carboxylic acids is 1. The van der Waals surface area contributed by atoms with Crippen molar-refractivity contribution in [2.24, 2.45) is 5.92 Å². The quantitative estimate of drug-likeness (QED) is 0.829. The highest BCUT2D eigenvalue weighted by Crippen LogP contribution is 2.25. The Balaban J connectivity index is 2.03. The Hall–Kier alpha value is -1.69. The van der Waals surface area contributed by atoms with E-state index in [2.05, 4.69) is 10.3 Å². The lowest BCUT2D eigenvalue weighted by Crippen LogP contribution is -2.31. The van der Waals surface area contributed by atoms with E-state index >= 15 is 0 Å². The summed E-state index contributed by atoms with van der Waals surface area (Å²) in [7, 11) is 0. The molecule has 1 heterocycles. The molecule has 5 nitrogen and oxygen atoms in total. The number of rotatable bonds is 4. The van der Waals surface area contributed by atoms with Crippen LogP contribution in [0.5, 0.6) is 0 Å². The average molecular weight is 280 g/mol. The van der Waals surface area contributed by atoms with Crippen LogP contribution in [-0.2, 0) is 4.79 Å². The Morgan fingerprint density at radius 1 is 1.47 bits per heavy atom. The Bertz CT molecular complexity index is 528. The Morgan fingerprint density at radius 2 is 2.11 bits per heavy atom. The first-order valence-corrected chi connectivity index (χ1v) is 6.96. The number of aryl methyl sites for hydroxylation is 1. The number of aromatic carboxylic acids is 1. The molecule has 2 N–H and O–H groups in total. The molecule has 0 radical (unpaired) electrons. The molecule has 0 saturated carbocycles. The van der Waals surface area contributed by atoms with Crippen LogP contribution in [-0.4, -0.2) is 22.0 Å². The van der Waals surface area contributed by atoms with Crippen molar-refractivity contribution in [3.63, 3.8) is 0 Å². The molecule has 1 aliphatic rings. The second kappa shape index (κ2) is 5.52. The lowest BCUT2D eigenvalue weighted by atomic mass is 10.1. The normalized spacial score (nSPS) is 16.5. The molecule has 6 heteroatoms. The fraction of sp³-hybridized carbons (Fsp3) is 0.462. The number of hydrogen-bond donors (Lipinski definition) is 2. The summed E-state index contributed by atoms with van der Waals surface area (Å²) in [6, 6.07) is -0.259. The minimum absolute atomic E-state index is 0.00206. The predicted octanol–water partition coefficient (Wildman–Crippen LogP) is 2.29. The van der Waals surface area contributed by atoms with Gasteiger partial charge in [-0.1, -0.05) is 12.2 Å². The molecule has 0 aliphatic heterocycles. The maximum Gasteiger partial charge on any atom is 0.347 e. The zero-order valence-electron chi connectivity index (χ0n) is 10.8. The molecule has 1 aromatic rings. The highest BCUT2D eigenvalue weighted by Gasteiger charge is 2.23. The van der Waals surface area contributed by atoms with Gasteiger partial charge in [0.15, 0.2) is 0 Å². The maximum absolute atomic E-state index is 12.0. The van der Waals surface area contributed by atoms with E-state index in [-0.39, 0.29) is 22.7 Å². The number of carboxylic acid groups (broad SMARTS) is 1. The maximum atomic E-state index is 12.0.